The van der Waals surface area contributed by atoms with Crippen LogP contribution in [0.3, 0.4) is 0 Å². The Morgan fingerprint density at radius 1 is 1.31 bits per heavy atom. The standard InChI is InChI=1S/C14H30N2/c1-5-8-15-13(4)14-7-6-9-16(11-14)10-12(2)3/h12-15H,5-11H2,1-4H3. The fraction of sp³-hybridized carbons (Fsp3) is 1.00. The van der Waals surface area contributed by atoms with Gasteiger partial charge < -0.3 is 10.2 Å². The van der Waals surface area contributed by atoms with E-state index in [1.165, 1.54) is 45.4 Å². The van der Waals surface area contributed by atoms with Gasteiger partial charge in [0.25, 0.3) is 0 Å². The second-order valence-corrected chi connectivity index (χ2v) is 5.80. The van der Waals surface area contributed by atoms with Gasteiger partial charge in [0, 0.05) is 19.1 Å². The van der Waals surface area contributed by atoms with Crippen LogP contribution in [0.4, 0.5) is 0 Å². The Hall–Kier alpha value is -0.0800. The molecule has 0 aromatic rings. The van der Waals surface area contributed by atoms with Crippen LogP contribution in [0.25, 0.3) is 0 Å². The molecule has 1 aliphatic rings. The second-order valence-electron chi connectivity index (χ2n) is 5.80. The lowest BCUT2D eigenvalue weighted by atomic mass is 9.91. The predicted octanol–water partition coefficient (Wildman–Crippen LogP) is 2.74. The maximum absolute atomic E-state index is 3.65. The lowest BCUT2D eigenvalue weighted by molar-refractivity contribution is 0.138. The summed E-state index contributed by atoms with van der Waals surface area (Å²) in [5.41, 5.74) is 0. The van der Waals surface area contributed by atoms with Gasteiger partial charge in [-0.3, -0.25) is 0 Å². The topological polar surface area (TPSA) is 15.3 Å². The summed E-state index contributed by atoms with van der Waals surface area (Å²) in [5.74, 6) is 1.66. The van der Waals surface area contributed by atoms with Crippen LogP contribution in [0.5, 0.6) is 0 Å². The van der Waals surface area contributed by atoms with Gasteiger partial charge in [-0.05, 0) is 51.1 Å². The van der Waals surface area contributed by atoms with Crippen LogP contribution in [0.1, 0.15) is 47.0 Å². The molecule has 1 saturated heterocycles. The Labute approximate surface area is 102 Å². The van der Waals surface area contributed by atoms with Crippen molar-refractivity contribution in [2.75, 3.05) is 26.2 Å². The van der Waals surface area contributed by atoms with Crippen molar-refractivity contribution in [1.29, 1.82) is 0 Å². The highest BCUT2D eigenvalue weighted by Crippen LogP contribution is 2.20. The highest BCUT2D eigenvalue weighted by Gasteiger charge is 2.24. The molecule has 0 amide bonds. The molecule has 1 aliphatic heterocycles. The summed E-state index contributed by atoms with van der Waals surface area (Å²) in [7, 11) is 0. The first-order valence-corrected chi connectivity index (χ1v) is 7.09. The fourth-order valence-electron chi connectivity index (χ4n) is 2.72. The third-order valence-electron chi connectivity index (χ3n) is 3.59. The minimum Gasteiger partial charge on any atom is -0.314 e. The first kappa shape index (κ1) is 14.0. The van der Waals surface area contributed by atoms with Crippen LogP contribution in [-0.4, -0.2) is 37.1 Å². The summed E-state index contributed by atoms with van der Waals surface area (Å²) in [6, 6.07) is 0.690. The van der Waals surface area contributed by atoms with Gasteiger partial charge in [0.1, 0.15) is 0 Å². The van der Waals surface area contributed by atoms with Crippen LogP contribution in [0.2, 0.25) is 0 Å². The Bertz CT molecular complexity index is 180. The van der Waals surface area contributed by atoms with Crippen molar-refractivity contribution in [1.82, 2.24) is 10.2 Å². The van der Waals surface area contributed by atoms with Crippen molar-refractivity contribution in [2.24, 2.45) is 11.8 Å². The van der Waals surface area contributed by atoms with Gasteiger partial charge in [-0.1, -0.05) is 20.8 Å². The van der Waals surface area contributed by atoms with E-state index in [1.807, 2.05) is 0 Å². The summed E-state index contributed by atoms with van der Waals surface area (Å²) in [5, 5.41) is 3.65. The molecule has 2 unspecified atom stereocenters. The van der Waals surface area contributed by atoms with Crippen LogP contribution in [0.15, 0.2) is 0 Å². The highest BCUT2D eigenvalue weighted by atomic mass is 15.1. The number of hydrogen-bond acceptors (Lipinski definition) is 2. The molecule has 0 aromatic carbocycles. The molecule has 0 radical (unpaired) electrons. The quantitative estimate of drug-likeness (QED) is 0.749. The molecular weight excluding hydrogens is 196 g/mol. The lowest BCUT2D eigenvalue weighted by Crippen LogP contribution is -2.45. The Balaban J connectivity index is 2.31. The zero-order valence-electron chi connectivity index (χ0n) is 11.6. The average Bonchev–Trinajstić information content (AvgIpc) is 2.25. The largest absolute Gasteiger partial charge is 0.314 e. The maximum Gasteiger partial charge on any atom is 0.00792 e. The number of hydrogen-bond donors (Lipinski definition) is 1. The molecule has 1 rings (SSSR count). The summed E-state index contributed by atoms with van der Waals surface area (Å²) in [4.78, 5) is 2.66. The van der Waals surface area contributed by atoms with Crippen molar-refractivity contribution in [3.8, 4) is 0 Å². The molecular formula is C14H30N2. The summed E-state index contributed by atoms with van der Waals surface area (Å²) < 4.78 is 0. The first-order chi connectivity index (χ1) is 7.63. The zero-order chi connectivity index (χ0) is 12.0. The number of nitrogens with one attached hydrogen (secondary N) is 1. The Kier molecular flexibility index (Phi) is 6.37. The van der Waals surface area contributed by atoms with Gasteiger partial charge in [-0.2, -0.15) is 0 Å². The molecule has 0 aromatic heterocycles. The van der Waals surface area contributed by atoms with Crippen molar-refractivity contribution < 1.29 is 0 Å². The van der Waals surface area contributed by atoms with E-state index in [1.54, 1.807) is 0 Å². The van der Waals surface area contributed by atoms with Gasteiger partial charge in [0.15, 0.2) is 0 Å². The molecule has 0 spiro atoms. The molecule has 1 heterocycles. The van der Waals surface area contributed by atoms with E-state index in [0.29, 0.717) is 6.04 Å². The Morgan fingerprint density at radius 2 is 2.06 bits per heavy atom. The van der Waals surface area contributed by atoms with E-state index < -0.39 is 0 Å². The first-order valence-electron chi connectivity index (χ1n) is 7.09. The second kappa shape index (κ2) is 7.29. The summed E-state index contributed by atoms with van der Waals surface area (Å²) >= 11 is 0. The lowest BCUT2D eigenvalue weighted by Gasteiger charge is -2.37. The summed E-state index contributed by atoms with van der Waals surface area (Å²) in [6.07, 6.45) is 4.04. The monoisotopic (exact) mass is 226 g/mol. The van der Waals surface area contributed by atoms with E-state index in [0.717, 1.165) is 11.8 Å². The maximum atomic E-state index is 3.65. The minimum atomic E-state index is 0.690. The van der Waals surface area contributed by atoms with Crippen LogP contribution >= 0.6 is 0 Å². The van der Waals surface area contributed by atoms with E-state index in [-0.39, 0.29) is 0 Å². The van der Waals surface area contributed by atoms with Crippen molar-refractivity contribution in [2.45, 2.75) is 53.0 Å². The van der Waals surface area contributed by atoms with Gasteiger partial charge in [-0.25, -0.2) is 0 Å². The fourth-order valence-corrected chi connectivity index (χ4v) is 2.72. The number of likely N-dealkylation sites (tertiary alicyclic amines) is 1. The normalized spacial score (nSPS) is 24.9. The molecule has 2 heteroatoms. The smallest absolute Gasteiger partial charge is 0.00792 e. The Morgan fingerprint density at radius 3 is 2.69 bits per heavy atom. The van der Waals surface area contributed by atoms with Gasteiger partial charge in [-0.15, -0.1) is 0 Å². The molecule has 2 atom stereocenters. The third-order valence-corrected chi connectivity index (χ3v) is 3.59. The summed E-state index contributed by atoms with van der Waals surface area (Å²) in [6.45, 7) is 14.3. The van der Waals surface area contributed by atoms with E-state index in [4.69, 9.17) is 0 Å². The SMILES string of the molecule is CCCNC(C)C1CCCN(CC(C)C)C1. The van der Waals surface area contributed by atoms with Gasteiger partial charge in [0.05, 0.1) is 0 Å². The van der Waals surface area contributed by atoms with E-state index >= 15 is 0 Å². The highest BCUT2D eigenvalue weighted by molar-refractivity contribution is 4.80. The molecule has 16 heavy (non-hydrogen) atoms. The molecule has 0 aliphatic carbocycles. The van der Waals surface area contributed by atoms with Crippen molar-refractivity contribution in [3.63, 3.8) is 0 Å². The van der Waals surface area contributed by atoms with E-state index in [2.05, 4.69) is 37.9 Å². The molecule has 96 valence electrons. The van der Waals surface area contributed by atoms with Crippen molar-refractivity contribution >= 4 is 0 Å². The zero-order valence-corrected chi connectivity index (χ0v) is 11.6. The molecule has 0 saturated carbocycles. The number of nitrogens with zero attached hydrogens (tertiary/aromatic N) is 1. The molecule has 0 bridgehead atoms. The predicted molar refractivity (Wildman–Crippen MR) is 71.8 cm³/mol. The molecule has 1 N–H and O–H groups in total. The minimum absolute atomic E-state index is 0.690. The number of rotatable bonds is 6. The van der Waals surface area contributed by atoms with Gasteiger partial charge >= 0.3 is 0 Å². The van der Waals surface area contributed by atoms with Crippen LogP contribution < -0.4 is 5.32 Å². The average molecular weight is 226 g/mol. The van der Waals surface area contributed by atoms with Crippen LogP contribution in [0, 0.1) is 11.8 Å². The van der Waals surface area contributed by atoms with E-state index in [9.17, 15) is 0 Å². The van der Waals surface area contributed by atoms with Gasteiger partial charge in [0.2, 0.25) is 0 Å². The molecule has 1 fully saturated rings. The molecule has 2 nitrogen and oxygen atoms in total. The van der Waals surface area contributed by atoms with Crippen LogP contribution in [-0.2, 0) is 0 Å². The van der Waals surface area contributed by atoms with Crippen molar-refractivity contribution in [3.05, 3.63) is 0 Å². The number of piperidine rings is 1. The third kappa shape index (κ3) is 4.84.